The molecule has 0 fully saturated rings. The molecule has 18 heavy (non-hydrogen) atoms. The monoisotopic (exact) mass is 250 g/mol. The van der Waals surface area contributed by atoms with Gasteiger partial charge in [-0.3, -0.25) is 14.6 Å². The van der Waals surface area contributed by atoms with Crippen molar-refractivity contribution in [2.45, 2.75) is 33.6 Å². The van der Waals surface area contributed by atoms with E-state index in [0.29, 0.717) is 11.4 Å². The van der Waals surface area contributed by atoms with Crippen LogP contribution in [0.1, 0.15) is 32.9 Å². The van der Waals surface area contributed by atoms with Crippen LogP contribution in [0.25, 0.3) is 0 Å². The molecular weight excluding hydrogens is 232 g/mol. The summed E-state index contributed by atoms with van der Waals surface area (Å²) in [6.45, 7) is 5.69. The lowest BCUT2D eigenvalue weighted by molar-refractivity contribution is -0.136. The summed E-state index contributed by atoms with van der Waals surface area (Å²) >= 11 is 0. The Hall–Kier alpha value is -1.91. The number of carboxylic acid groups (broad SMARTS) is 1. The zero-order valence-electron chi connectivity index (χ0n) is 10.9. The number of aromatic nitrogens is 1. The summed E-state index contributed by atoms with van der Waals surface area (Å²) in [6.07, 6.45) is 2.10. The van der Waals surface area contributed by atoms with E-state index in [1.165, 1.54) is 6.20 Å². The standard InChI is InChI=1S/C13H18N2O3/c1-4-13(2,3)12(18)15-10-6-5-9(14-8-10)7-11(16)17/h5-6,8H,4,7H2,1-3H3,(H,15,18)(H,16,17). The van der Waals surface area contributed by atoms with E-state index in [0.717, 1.165) is 6.42 Å². The van der Waals surface area contributed by atoms with Crippen LogP contribution in [-0.4, -0.2) is 22.0 Å². The molecule has 0 bridgehead atoms. The predicted octanol–water partition coefficient (Wildman–Crippen LogP) is 2.08. The lowest BCUT2D eigenvalue weighted by Crippen LogP contribution is -2.30. The van der Waals surface area contributed by atoms with Gasteiger partial charge in [-0.1, -0.05) is 20.8 Å². The van der Waals surface area contributed by atoms with Gasteiger partial charge in [-0.15, -0.1) is 0 Å². The van der Waals surface area contributed by atoms with Crippen molar-refractivity contribution in [1.82, 2.24) is 4.98 Å². The number of carbonyl (C=O) groups is 2. The Labute approximate surface area is 106 Å². The number of carboxylic acids is 1. The molecule has 0 unspecified atom stereocenters. The fourth-order valence-corrected chi connectivity index (χ4v) is 1.22. The lowest BCUT2D eigenvalue weighted by Gasteiger charge is -2.21. The molecule has 98 valence electrons. The van der Waals surface area contributed by atoms with Crippen LogP contribution in [0.4, 0.5) is 5.69 Å². The van der Waals surface area contributed by atoms with Crippen LogP contribution < -0.4 is 5.32 Å². The molecule has 5 nitrogen and oxygen atoms in total. The second-order valence-corrected chi connectivity index (χ2v) is 4.80. The maximum atomic E-state index is 11.9. The number of carbonyl (C=O) groups excluding carboxylic acids is 1. The van der Waals surface area contributed by atoms with E-state index in [1.807, 2.05) is 20.8 Å². The van der Waals surface area contributed by atoms with Crippen molar-refractivity contribution >= 4 is 17.6 Å². The van der Waals surface area contributed by atoms with Crippen molar-refractivity contribution in [2.75, 3.05) is 5.32 Å². The summed E-state index contributed by atoms with van der Waals surface area (Å²) in [6, 6.07) is 3.26. The topological polar surface area (TPSA) is 79.3 Å². The minimum absolute atomic E-state index is 0.0715. The Balaban J connectivity index is 2.69. The van der Waals surface area contributed by atoms with Gasteiger partial charge in [0, 0.05) is 5.41 Å². The highest BCUT2D eigenvalue weighted by atomic mass is 16.4. The zero-order chi connectivity index (χ0) is 13.8. The Morgan fingerprint density at radius 2 is 2.06 bits per heavy atom. The van der Waals surface area contributed by atoms with Crippen LogP contribution in [0.5, 0.6) is 0 Å². The first-order valence-corrected chi connectivity index (χ1v) is 5.83. The fourth-order valence-electron chi connectivity index (χ4n) is 1.22. The number of nitrogens with one attached hydrogen (secondary N) is 1. The molecule has 0 aromatic carbocycles. The molecule has 0 aliphatic rings. The maximum absolute atomic E-state index is 11.9. The van der Waals surface area contributed by atoms with Crippen molar-refractivity contribution in [3.63, 3.8) is 0 Å². The SMILES string of the molecule is CCC(C)(C)C(=O)Nc1ccc(CC(=O)O)nc1. The maximum Gasteiger partial charge on any atom is 0.309 e. The number of amides is 1. The zero-order valence-corrected chi connectivity index (χ0v) is 10.9. The quantitative estimate of drug-likeness (QED) is 0.838. The van der Waals surface area contributed by atoms with Crippen LogP contribution in [-0.2, 0) is 16.0 Å². The highest BCUT2D eigenvalue weighted by Gasteiger charge is 2.25. The van der Waals surface area contributed by atoms with Gasteiger partial charge < -0.3 is 10.4 Å². The summed E-state index contributed by atoms with van der Waals surface area (Å²) in [7, 11) is 0. The van der Waals surface area contributed by atoms with Gasteiger partial charge in [0.15, 0.2) is 0 Å². The number of rotatable bonds is 5. The summed E-state index contributed by atoms with van der Waals surface area (Å²) in [5.74, 6) is -0.996. The molecule has 1 heterocycles. The van der Waals surface area contributed by atoms with E-state index in [9.17, 15) is 9.59 Å². The second-order valence-electron chi connectivity index (χ2n) is 4.80. The summed E-state index contributed by atoms with van der Waals surface area (Å²) < 4.78 is 0. The number of nitrogens with zero attached hydrogens (tertiary/aromatic N) is 1. The number of hydrogen-bond acceptors (Lipinski definition) is 3. The summed E-state index contributed by atoms with van der Waals surface area (Å²) in [4.78, 5) is 26.4. The minimum atomic E-state index is -0.925. The largest absolute Gasteiger partial charge is 0.481 e. The van der Waals surface area contributed by atoms with Crippen molar-refractivity contribution in [3.8, 4) is 0 Å². The van der Waals surface area contributed by atoms with Crippen molar-refractivity contribution in [3.05, 3.63) is 24.0 Å². The van der Waals surface area contributed by atoms with Gasteiger partial charge in [-0.2, -0.15) is 0 Å². The van der Waals surface area contributed by atoms with Gasteiger partial charge in [0.05, 0.1) is 24.0 Å². The molecule has 0 saturated heterocycles. The van der Waals surface area contributed by atoms with Crippen molar-refractivity contribution in [2.24, 2.45) is 5.41 Å². The first kappa shape index (κ1) is 14.2. The molecule has 0 saturated carbocycles. The first-order valence-electron chi connectivity index (χ1n) is 5.83. The van der Waals surface area contributed by atoms with Gasteiger partial charge in [-0.05, 0) is 18.6 Å². The highest BCUT2D eigenvalue weighted by molar-refractivity contribution is 5.94. The molecule has 0 radical (unpaired) electrons. The second kappa shape index (κ2) is 5.62. The van der Waals surface area contributed by atoms with Crippen LogP contribution in [0.3, 0.4) is 0 Å². The van der Waals surface area contributed by atoms with E-state index in [4.69, 9.17) is 5.11 Å². The van der Waals surface area contributed by atoms with Crippen molar-refractivity contribution in [1.29, 1.82) is 0 Å². The van der Waals surface area contributed by atoms with E-state index in [-0.39, 0.29) is 12.3 Å². The van der Waals surface area contributed by atoms with Crippen molar-refractivity contribution < 1.29 is 14.7 Å². The number of anilines is 1. The van der Waals surface area contributed by atoms with E-state index in [2.05, 4.69) is 10.3 Å². The predicted molar refractivity (Wildman–Crippen MR) is 68.3 cm³/mol. The van der Waals surface area contributed by atoms with E-state index >= 15 is 0 Å². The summed E-state index contributed by atoms with van der Waals surface area (Å²) in [5.41, 5.74) is 0.616. The van der Waals surface area contributed by atoms with Gasteiger partial charge in [-0.25, -0.2) is 0 Å². The molecule has 2 N–H and O–H groups in total. The van der Waals surface area contributed by atoms with E-state index < -0.39 is 11.4 Å². The number of aliphatic carboxylic acids is 1. The molecule has 1 aromatic heterocycles. The first-order chi connectivity index (χ1) is 8.35. The van der Waals surface area contributed by atoms with Gasteiger partial charge in [0.1, 0.15) is 0 Å². The Bertz CT molecular complexity index is 438. The van der Waals surface area contributed by atoms with Crippen LogP contribution in [0.15, 0.2) is 18.3 Å². The highest BCUT2D eigenvalue weighted by Crippen LogP contribution is 2.22. The molecule has 5 heteroatoms. The van der Waals surface area contributed by atoms with Crippen LogP contribution in [0.2, 0.25) is 0 Å². The average Bonchev–Trinajstić information content (AvgIpc) is 2.31. The molecule has 1 amide bonds. The Morgan fingerprint density at radius 1 is 1.39 bits per heavy atom. The Kier molecular flexibility index (Phi) is 4.42. The Morgan fingerprint density at radius 3 is 2.50 bits per heavy atom. The fraction of sp³-hybridized carbons (Fsp3) is 0.462. The molecular formula is C13H18N2O3. The van der Waals surface area contributed by atoms with Crippen LogP contribution in [0, 0.1) is 5.41 Å². The minimum Gasteiger partial charge on any atom is -0.481 e. The van der Waals surface area contributed by atoms with E-state index in [1.54, 1.807) is 12.1 Å². The average molecular weight is 250 g/mol. The lowest BCUT2D eigenvalue weighted by atomic mass is 9.89. The van der Waals surface area contributed by atoms with Crippen LogP contribution >= 0.6 is 0 Å². The molecule has 0 aliphatic heterocycles. The third-order valence-corrected chi connectivity index (χ3v) is 2.91. The third kappa shape index (κ3) is 3.84. The summed E-state index contributed by atoms with van der Waals surface area (Å²) in [5, 5.41) is 11.4. The van der Waals surface area contributed by atoms with Gasteiger partial charge >= 0.3 is 5.97 Å². The molecule has 0 aliphatic carbocycles. The number of pyridine rings is 1. The van der Waals surface area contributed by atoms with Gasteiger partial charge in [0.2, 0.25) is 5.91 Å². The third-order valence-electron chi connectivity index (χ3n) is 2.91. The molecule has 0 atom stereocenters. The number of hydrogen-bond donors (Lipinski definition) is 2. The molecule has 1 rings (SSSR count). The normalized spacial score (nSPS) is 11.1. The smallest absolute Gasteiger partial charge is 0.309 e. The molecule has 0 spiro atoms. The molecule has 1 aromatic rings. The van der Waals surface area contributed by atoms with Gasteiger partial charge in [0.25, 0.3) is 0 Å².